The number of carbonyl (C=O) groups is 1. The average molecular weight is 470 g/mol. The third kappa shape index (κ3) is 6.23. The quantitative estimate of drug-likeness (QED) is 0.723. The fourth-order valence-corrected chi connectivity index (χ4v) is 4.95. The highest BCUT2D eigenvalue weighted by Crippen LogP contribution is 2.23. The number of hydrogen-bond donors (Lipinski definition) is 1. The second-order valence-electron chi connectivity index (χ2n) is 7.99. The minimum atomic E-state index is -4.29. The van der Waals surface area contributed by atoms with Gasteiger partial charge in [-0.15, -0.1) is 0 Å². The number of nitrogens with one attached hydrogen (secondary N) is 1. The van der Waals surface area contributed by atoms with Crippen LogP contribution in [0.5, 0.6) is 0 Å². The van der Waals surface area contributed by atoms with Gasteiger partial charge in [-0.3, -0.25) is 14.4 Å². The molecule has 2 aromatic rings. The number of benzene rings is 2. The molecule has 0 bridgehead atoms. The molecular formula is C22H26F3N3O3S. The summed E-state index contributed by atoms with van der Waals surface area (Å²) in [5.41, 5.74) is 2.06. The van der Waals surface area contributed by atoms with Gasteiger partial charge in [0.1, 0.15) is 0 Å². The van der Waals surface area contributed by atoms with Crippen LogP contribution in [0.15, 0.2) is 47.4 Å². The summed E-state index contributed by atoms with van der Waals surface area (Å²) in [4.78, 5) is 15.7. The second kappa shape index (κ2) is 9.50. The van der Waals surface area contributed by atoms with Crippen molar-refractivity contribution < 1.29 is 26.4 Å². The number of carbonyl (C=O) groups excluding carboxylic acids is 1. The maximum atomic E-state index is 13.0. The fourth-order valence-electron chi connectivity index (χ4n) is 3.62. The molecule has 0 spiro atoms. The molecule has 1 aliphatic heterocycles. The van der Waals surface area contributed by atoms with E-state index in [0.29, 0.717) is 24.2 Å². The van der Waals surface area contributed by atoms with Crippen LogP contribution in [0.25, 0.3) is 0 Å². The summed E-state index contributed by atoms with van der Waals surface area (Å²) < 4.78 is 66.4. The van der Waals surface area contributed by atoms with E-state index in [1.165, 1.54) is 15.9 Å². The summed E-state index contributed by atoms with van der Waals surface area (Å²) in [7, 11) is -3.93. The van der Waals surface area contributed by atoms with E-state index >= 15 is 0 Å². The molecule has 0 unspecified atom stereocenters. The van der Waals surface area contributed by atoms with Crippen molar-refractivity contribution in [3.05, 3.63) is 59.2 Å². The Morgan fingerprint density at radius 1 is 1.00 bits per heavy atom. The van der Waals surface area contributed by atoms with Crippen LogP contribution in [0.2, 0.25) is 0 Å². The third-order valence-corrected chi connectivity index (χ3v) is 6.83. The Hall–Kier alpha value is -2.59. The number of alkyl halides is 3. The average Bonchev–Trinajstić information content (AvgIpc) is 2.93. The van der Waals surface area contributed by atoms with E-state index in [4.69, 9.17) is 0 Å². The van der Waals surface area contributed by atoms with E-state index in [2.05, 4.69) is 4.72 Å². The molecule has 0 atom stereocenters. The molecule has 3 rings (SSSR count). The van der Waals surface area contributed by atoms with Gasteiger partial charge in [-0.1, -0.05) is 23.8 Å². The van der Waals surface area contributed by atoms with E-state index in [1.807, 2.05) is 6.92 Å². The van der Waals surface area contributed by atoms with E-state index in [9.17, 15) is 26.4 Å². The number of rotatable bonds is 5. The van der Waals surface area contributed by atoms with Crippen LogP contribution >= 0.6 is 0 Å². The lowest BCUT2D eigenvalue weighted by atomic mass is 10.1. The van der Waals surface area contributed by atoms with Gasteiger partial charge in [0.15, 0.2) is 0 Å². The number of amides is 1. The Labute approximate surface area is 186 Å². The number of anilines is 1. The van der Waals surface area contributed by atoms with E-state index < -0.39 is 28.7 Å². The molecule has 32 heavy (non-hydrogen) atoms. The Bertz CT molecular complexity index is 1070. The molecule has 0 aromatic heterocycles. The summed E-state index contributed by atoms with van der Waals surface area (Å²) in [6.07, 6.45) is -3.88. The molecule has 1 fully saturated rings. The normalized spacial score (nSPS) is 16.0. The maximum absolute atomic E-state index is 13.0. The van der Waals surface area contributed by atoms with Crippen LogP contribution in [0.4, 0.5) is 18.9 Å². The minimum absolute atomic E-state index is 0.0163. The highest BCUT2D eigenvalue weighted by atomic mass is 32.2. The van der Waals surface area contributed by atoms with Gasteiger partial charge in [0.25, 0.3) is 15.9 Å². The molecular weight excluding hydrogens is 443 g/mol. The molecule has 1 aliphatic rings. The molecule has 1 amide bonds. The van der Waals surface area contributed by atoms with Crippen molar-refractivity contribution in [1.29, 1.82) is 0 Å². The third-order valence-electron chi connectivity index (χ3n) is 5.31. The molecule has 0 aliphatic carbocycles. The van der Waals surface area contributed by atoms with Gasteiger partial charge in [0.2, 0.25) is 0 Å². The smallest absolute Gasteiger partial charge is 0.337 e. The Kier molecular flexibility index (Phi) is 7.14. The zero-order valence-corrected chi connectivity index (χ0v) is 18.8. The SMILES string of the molecule is Cc1ccc(NS(=O)(=O)c2cc(C(=O)N3CCCN(CC(F)(F)F)CC3)ccc2C)cc1. The lowest BCUT2D eigenvalue weighted by Crippen LogP contribution is -2.38. The predicted molar refractivity (Wildman–Crippen MR) is 116 cm³/mol. The Morgan fingerprint density at radius 2 is 1.69 bits per heavy atom. The first-order chi connectivity index (χ1) is 14.9. The van der Waals surface area contributed by atoms with Gasteiger partial charge in [0, 0.05) is 37.4 Å². The highest BCUT2D eigenvalue weighted by molar-refractivity contribution is 7.92. The Balaban J connectivity index is 1.77. The standard InChI is InChI=1S/C22H26F3N3O3S/c1-16-4-8-19(9-5-16)26-32(30,31)20-14-18(7-6-17(20)2)21(29)28-11-3-10-27(12-13-28)15-22(23,24)25/h4-9,14,26H,3,10-13,15H2,1-2H3. The fraction of sp³-hybridized carbons (Fsp3) is 0.409. The summed E-state index contributed by atoms with van der Waals surface area (Å²) in [6, 6.07) is 11.3. The van der Waals surface area contributed by atoms with Crippen LogP contribution in [0.1, 0.15) is 27.9 Å². The zero-order valence-electron chi connectivity index (χ0n) is 17.9. The van der Waals surface area contributed by atoms with Gasteiger partial charge < -0.3 is 4.90 Å². The largest absolute Gasteiger partial charge is 0.401 e. The van der Waals surface area contributed by atoms with E-state index in [1.54, 1.807) is 43.3 Å². The van der Waals surface area contributed by atoms with Crippen LogP contribution < -0.4 is 4.72 Å². The van der Waals surface area contributed by atoms with Crippen LogP contribution in [-0.4, -0.2) is 63.0 Å². The monoisotopic (exact) mass is 469 g/mol. The van der Waals surface area contributed by atoms with Crippen molar-refractivity contribution in [1.82, 2.24) is 9.80 Å². The number of aryl methyl sites for hydroxylation is 2. The van der Waals surface area contributed by atoms with Crippen molar-refractivity contribution in [2.24, 2.45) is 0 Å². The molecule has 0 saturated carbocycles. The van der Waals surface area contributed by atoms with Crippen molar-refractivity contribution in [2.45, 2.75) is 31.3 Å². The number of sulfonamides is 1. The molecule has 174 valence electrons. The molecule has 2 aromatic carbocycles. The maximum Gasteiger partial charge on any atom is 0.401 e. The van der Waals surface area contributed by atoms with Crippen LogP contribution in [0.3, 0.4) is 0 Å². The minimum Gasteiger partial charge on any atom is -0.337 e. The van der Waals surface area contributed by atoms with Crippen LogP contribution in [0, 0.1) is 13.8 Å². The first-order valence-corrected chi connectivity index (χ1v) is 11.7. The lowest BCUT2D eigenvalue weighted by molar-refractivity contribution is -0.145. The van der Waals surface area contributed by atoms with Gasteiger partial charge in [0.05, 0.1) is 11.4 Å². The van der Waals surface area contributed by atoms with Crippen molar-refractivity contribution in [3.8, 4) is 0 Å². The summed E-state index contributed by atoms with van der Waals surface area (Å²) >= 11 is 0. The van der Waals surface area contributed by atoms with Gasteiger partial charge in [-0.05, 0) is 50.1 Å². The number of hydrogen-bond acceptors (Lipinski definition) is 4. The van der Waals surface area contributed by atoms with Crippen molar-refractivity contribution in [3.63, 3.8) is 0 Å². The summed E-state index contributed by atoms with van der Waals surface area (Å²) in [5.74, 6) is -0.398. The topological polar surface area (TPSA) is 69.7 Å². The summed E-state index contributed by atoms with van der Waals surface area (Å²) in [6.45, 7) is 3.33. The molecule has 6 nitrogen and oxygen atoms in total. The zero-order chi connectivity index (χ0) is 23.5. The molecule has 1 heterocycles. The van der Waals surface area contributed by atoms with Gasteiger partial charge in [-0.25, -0.2) is 8.42 Å². The molecule has 1 saturated heterocycles. The molecule has 10 heteroatoms. The number of halogens is 3. The van der Waals surface area contributed by atoms with Gasteiger partial charge >= 0.3 is 6.18 Å². The van der Waals surface area contributed by atoms with Crippen LogP contribution in [-0.2, 0) is 10.0 Å². The molecule has 1 N–H and O–H groups in total. The van der Waals surface area contributed by atoms with E-state index in [0.717, 1.165) is 5.56 Å². The first-order valence-electron chi connectivity index (χ1n) is 10.2. The van der Waals surface area contributed by atoms with Crippen molar-refractivity contribution in [2.75, 3.05) is 37.4 Å². The first kappa shape index (κ1) is 24.1. The molecule has 0 radical (unpaired) electrons. The second-order valence-corrected chi connectivity index (χ2v) is 9.64. The number of nitrogens with zero attached hydrogens (tertiary/aromatic N) is 2. The van der Waals surface area contributed by atoms with E-state index in [-0.39, 0.29) is 30.1 Å². The Morgan fingerprint density at radius 3 is 2.34 bits per heavy atom. The summed E-state index contributed by atoms with van der Waals surface area (Å²) in [5, 5.41) is 0. The lowest BCUT2D eigenvalue weighted by Gasteiger charge is -2.23. The van der Waals surface area contributed by atoms with Crippen molar-refractivity contribution >= 4 is 21.6 Å². The predicted octanol–water partition coefficient (Wildman–Crippen LogP) is 3.81. The highest BCUT2D eigenvalue weighted by Gasteiger charge is 2.32. The van der Waals surface area contributed by atoms with Gasteiger partial charge in [-0.2, -0.15) is 13.2 Å².